The van der Waals surface area contributed by atoms with Crippen molar-refractivity contribution < 1.29 is 9.15 Å². The Morgan fingerprint density at radius 1 is 1.15 bits per heavy atom. The van der Waals surface area contributed by atoms with E-state index in [-0.39, 0.29) is 0 Å². The Morgan fingerprint density at radius 2 is 1.95 bits per heavy atom. The molecule has 1 aromatic carbocycles. The van der Waals surface area contributed by atoms with Gasteiger partial charge in [-0.15, -0.1) is 10.2 Å². The van der Waals surface area contributed by atoms with Gasteiger partial charge in [0.05, 0.1) is 0 Å². The zero-order chi connectivity index (χ0) is 14.0. The summed E-state index contributed by atoms with van der Waals surface area (Å²) in [5, 5.41) is 11.2. The first-order valence-electron chi connectivity index (χ1n) is 7.02. The van der Waals surface area contributed by atoms with E-state index in [0.717, 1.165) is 25.9 Å². The number of aryl methyl sites for hydroxylation is 1. The van der Waals surface area contributed by atoms with E-state index in [2.05, 4.69) is 39.8 Å². The molecule has 20 heavy (non-hydrogen) atoms. The molecule has 1 N–H and O–H groups in total. The maximum Gasteiger partial charge on any atom is 0.242 e. The maximum atomic E-state index is 5.49. The quantitative estimate of drug-likeness (QED) is 0.712. The van der Waals surface area contributed by atoms with E-state index in [0.29, 0.717) is 25.0 Å². The number of benzene rings is 1. The molecule has 0 unspecified atom stereocenters. The van der Waals surface area contributed by atoms with Gasteiger partial charge in [0, 0.05) is 19.6 Å². The molecule has 0 aliphatic carbocycles. The summed E-state index contributed by atoms with van der Waals surface area (Å²) in [5.74, 6) is 1.22. The number of ether oxygens (including phenoxy) is 1. The molecular weight excluding hydrogens is 254 g/mol. The second kappa shape index (κ2) is 8.45. The van der Waals surface area contributed by atoms with Crippen LogP contribution in [-0.2, 0) is 24.3 Å². The van der Waals surface area contributed by atoms with Gasteiger partial charge in [0.25, 0.3) is 0 Å². The third-order valence-electron chi connectivity index (χ3n) is 2.85. The lowest BCUT2D eigenvalue weighted by Gasteiger charge is -2.05. The van der Waals surface area contributed by atoms with Crippen LogP contribution in [0, 0.1) is 0 Å². The van der Waals surface area contributed by atoms with Crippen LogP contribution in [0.15, 0.2) is 34.7 Å². The zero-order valence-corrected chi connectivity index (χ0v) is 11.8. The van der Waals surface area contributed by atoms with E-state index < -0.39 is 0 Å². The lowest BCUT2D eigenvalue weighted by atomic mass is 10.2. The summed E-state index contributed by atoms with van der Waals surface area (Å²) in [6.07, 6.45) is 1.72. The van der Waals surface area contributed by atoms with Crippen LogP contribution in [0.25, 0.3) is 0 Å². The third kappa shape index (κ3) is 5.11. The van der Waals surface area contributed by atoms with Crippen LogP contribution < -0.4 is 5.32 Å². The molecule has 0 aliphatic rings. The summed E-state index contributed by atoms with van der Waals surface area (Å²) in [6.45, 7) is 4.89. The van der Waals surface area contributed by atoms with Gasteiger partial charge in [-0.1, -0.05) is 37.3 Å². The summed E-state index contributed by atoms with van der Waals surface area (Å²) >= 11 is 0. The van der Waals surface area contributed by atoms with Crippen molar-refractivity contribution in [2.45, 2.75) is 32.9 Å². The zero-order valence-electron chi connectivity index (χ0n) is 11.8. The summed E-state index contributed by atoms with van der Waals surface area (Å²) in [5.41, 5.74) is 1.30. The number of rotatable bonds is 9. The number of hydrogen-bond donors (Lipinski definition) is 1. The Labute approximate surface area is 119 Å². The molecular formula is C15H21N3O2. The average molecular weight is 275 g/mol. The average Bonchev–Trinajstić information content (AvgIpc) is 2.95. The highest BCUT2D eigenvalue weighted by Gasteiger charge is 2.03. The molecule has 1 aromatic heterocycles. The second-order valence-electron chi connectivity index (χ2n) is 4.51. The molecule has 0 amide bonds. The van der Waals surface area contributed by atoms with Gasteiger partial charge in [0.1, 0.15) is 6.61 Å². The summed E-state index contributed by atoms with van der Waals surface area (Å²) < 4.78 is 10.8. The minimum atomic E-state index is 0.395. The number of hydrogen-bond acceptors (Lipinski definition) is 5. The minimum Gasteiger partial charge on any atom is -0.423 e. The SMILES string of the molecule is CCc1nnc(COCCCNCc2ccccc2)o1. The van der Waals surface area contributed by atoms with Gasteiger partial charge in [-0.2, -0.15) is 0 Å². The Kier molecular flexibility index (Phi) is 6.20. The minimum absolute atomic E-state index is 0.395. The lowest BCUT2D eigenvalue weighted by Crippen LogP contribution is -2.16. The van der Waals surface area contributed by atoms with Crippen LogP contribution in [0.1, 0.15) is 30.7 Å². The molecule has 5 nitrogen and oxygen atoms in total. The molecule has 108 valence electrons. The van der Waals surface area contributed by atoms with Crippen LogP contribution in [0.4, 0.5) is 0 Å². The van der Waals surface area contributed by atoms with Crippen molar-refractivity contribution in [3.8, 4) is 0 Å². The van der Waals surface area contributed by atoms with Gasteiger partial charge in [-0.05, 0) is 18.5 Å². The topological polar surface area (TPSA) is 60.2 Å². The summed E-state index contributed by atoms with van der Waals surface area (Å²) in [7, 11) is 0. The largest absolute Gasteiger partial charge is 0.423 e. The fourth-order valence-corrected chi connectivity index (χ4v) is 1.78. The van der Waals surface area contributed by atoms with Gasteiger partial charge >= 0.3 is 0 Å². The Bertz CT molecular complexity index is 485. The second-order valence-corrected chi connectivity index (χ2v) is 4.51. The maximum absolute atomic E-state index is 5.49. The van der Waals surface area contributed by atoms with Crippen molar-refractivity contribution in [1.29, 1.82) is 0 Å². The highest BCUT2D eigenvalue weighted by Crippen LogP contribution is 2.02. The first kappa shape index (κ1) is 14.7. The molecule has 0 spiro atoms. The Balaban J connectivity index is 1.49. The molecule has 2 aromatic rings. The van der Waals surface area contributed by atoms with Gasteiger partial charge in [-0.3, -0.25) is 0 Å². The van der Waals surface area contributed by atoms with Crippen LogP contribution in [0.2, 0.25) is 0 Å². The first-order valence-corrected chi connectivity index (χ1v) is 7.02. The summed E-state index contributed by atoms with van der Waals surface area (Å²) in [6, 6.07) is 10.4. The van der Waals surface area contributed by atoms with Gasteiger partial charge in [-0.25, -0.2) is 0 Å². The van der Waals surface area contributed by atoms with Crippen LogP contribution in [0.3, 0.4) is 0 Å². The van der Waals surface area contributed by atoms with Crippen molar-refractivity contribution in [1.82, 2.24) is 15.5 Å². The van der Waals surface area contributed by atoms with Crippen molar-refractivity contribution >= 4 is 0 Å². The van der Waals surface area contributed by atoms with E-state index in [4.69, 9.17) is 9.15 Å². The van der Waals surface area contributed by atoms with Crippen LogP contribution in [-0.4, -0.2) is 23.3 Å². The lowest BCUT2D eigenvalue weighted by molar-refractivity contribution is 0.0995. The van der Waals surface area contributed by atoms with Crippen LogP contribution in [0.5, 0.6) is 0 Å². The summed E-state index contributed by atoms with van der Waals surface area (Å²) in [4.78, 5) is 0. The van der Waals surface area contributed by atoms with Crippen molar-refractivity contribution in [2.24, 2.45) is 0 Å². The predicted octanol–water partition coefficient (Wildman–Crippen LogP) is 2.33. The first-order chi connectivity index (χ1) is 9.88. The van der Waals surface area contributed by atoms with E-state index in [9.17, 15) is 0 Å². The molecule has 0 fully saturated rings. The van der Waals surface area contributed by atoms with Crippen molar-refractivity contribution in [3.63, 3.8) is 0 Å². The standard InChI is InChI=1S/C15H21N3O2/c1-2-14-17-18-15(20-14)12-19-10-6-9-16-11-13-7-4-3-5-8-13/h3-5,7-8,16H,2,6,9-12H2,1H3. The molecule has 0 atom stereocenters. The van der Waals surface area contributed by atoms with Crippen LogP contribution >= 0.6 is 0 Å². The number of aromatic nitrogens is 2. The Morgan fingerprint density at radius 3 is 2.70 bits per heavy atom. The highest BCUT2D eigenvalue weighted by atomic mass is 16.5. The fourth-order valence-electron chi connectivity index (χ4n) is 1.78. The Hall–Kier alpha value is -1.72. The molecule has 1 heterocycles. The van der Waals surface area contributed by atoms with E-state index in [1.54, 1.807) is 0 Å². The normalized spacial score (nSPS) is 10.8. The van der Waals surface area contributed by atoms with E-state index in [1.807, 2.05) is 13.0 Å². The molecule has 2 rings (SSSR count). The van der Waals surface area contributed by atoms with E-state index >= 15 is 0 Å². The monoisotopic (exact) mass is 275 g/mol. The van der Waals surface area contributed by atoms with E-state index in [1.165, 1.54) is 5.56 Å². The van der Waals surface area contributed by atoms with Crippen molar-refractivity contribution in [2.75, 3.05) is 13.2 Å². The molecule has 0 radical (unpaired) electrons. The smallest absolute Gasteiger partial charge is 0.242 e. The van der Waals surface area contributed by atoms with Gasteiger partial charge < -0.3 is 14.5 Å². The molecule has 0 bridgehead atoms. The van der Waals surface area contributed by atoms with Crippen molar-refractivity contribution in [3.05, 3.63) is 47.7 Å². The predicted molar refractivity (Wildman–Crippen MR) is 76.1 cm³/mol. The molecule has 0 aliphatic heterocycles. The number of nitrogens with one attached hydrogen (secondary N) is 1. The molecule has 0 saturated carbocycles. The number of nitrogens with zero attached hydrogens (tertiary/aromatic N) is 2. The van der Waals surface area contributed by atoms with Gasteiger partial charge in [0.15, 0.2) is 0 Å². The molecule has 5 heteroatoms. The third-order valence-corrected chi connectivity index (χ3v) is 2.85. The van der Waals surface area contributed by atoms with Gasteiger partial charge in [0.2, 0.25) is 11.8 Å². The highest BCUT2D eigenvalue weighted by molar-refractivity contribution is 5.14. The fraction of sp³-hybridized carbons (Fsp3) is 0.467. The molecule has 0 saturated heterocycles.